The molecule has 0 fully saturated rings. The molecule has 5 heteroatoms. The summed E-state index contributed by atoms with van der Waals surface area (Å²) in [5.74, 6) is -0.436. The van der Waals surface area contributed by atoms with E-state index in [-0.39, 0.29) is 0 Å². The van der Waals surface area contributed by atoms with Crippen LogP contribution in [0.1, 0.15) is 0 Å². The van der Waals surface area contributed by atoms with E-state index in [4.69, 9.17) is 28.3 Å². The summed E-state index contributed by atoms with van der Waals surface area (Å²) in [6.07, 6.45) is 0. The predicted octanol–water partition coefficient (Wildman–Crippen LogP) is 1.95. The molecule has 0 saturated heterocycles. The molecular formula is C9H9Cl2NO2. The van der Waals surface area contributed by atoms with Gasteiger partial charge in [-0.1, -0.05) is 29.3 Å². The fraction of sp³-hybridized carbons (Fsp3) is 0.222. The second-order valence-corrected chi connectivity index (χ2v) is 3.47. The van der Waals surface area contributed by atoms with Crippen molar-refractivity contribution < 1.29 is 9.90 Å². The van der Waals surface area contributed by atoms with Crippen molar-refractivity contribution in [3.8, 4) is 0 Å². The van der Waals surface area contributed by atoms with Gasteiger partial charge in [-0.3, -0.25) is 4.79 Å². The number of likely N-dealkylation sites (N-methyl/N-ethyl adjacent to an activating group) is 1. The van der Waals surface area contributed by atoms with E-state index in [1.165, 1.54) is 11.9 Å². The summed E-state index contributed by atoms with van der Waals surface area (Å²) >= 11 is 11.7. The summed E-state index contributed by atoms with van der Waals surface area (Å²) in [5, 5.41) is 9.34. The minimum atomic E-state index is -0.556. The van der Waals surface area contributed by atoms with E-state index in [0.29, 0.717) is 15.7 Å². The highest BCUT2D eigenvalue weighted by molar-refractivity contribution is 6.44. The Bertz CT molecular complexity index is 355. The number of hydrogen-bond donors (Lipinski definition) is 1. The van der Waals surface area contributed by atoms with Crippen LogP contribution in [0.2, 0.25) is 10.0 Å². The summed E-state index contributed by atoms with van der Waals surface area (Å²) in [7, 11) is 1.52. The second kappa shape index (κ2) is 4.64. The number of aliphatic hydroxyl groups excluding tert-OH is 1. The molecule has 1 aromatic carbocycles. The van der Waals surface area contributed by atoms with Gasteiger partial charge in [-0.15, -0.1) is 0 Å². The van der Waals surface area contributed by atoms with E-state index in [9.17, 15) is 4.79 Å². The third-order valence-corrected chi connectivity index (χ3v) is 2.61. The number of hydrogen-bond acceptors (Lipinski definition) is 2. The molecule has 3 nitrogen and oxygen atoms in total. The van der Waals surface area contributed by atoms with E-state index < -0.39 is 12.5 Å². The molecule has 0 unspecified atom stereocenters. The maximum atomic E-state index is 11.1. The second-order valence-electron chi connectivity index (χ2n) is 2.68. The molecule has 0 heterocycles. The Kier molecular flexibility index (Phi) is 3.75. The fourth-order valence-electron chi connectivity index (χ4n) is 0.992. The molecule has 0 atom stereocenters. The van der Waals surface area contributed by atoms with E-state index in [0.717, 1.165) is 0 Å². The zero-order chi connectivity index (χ0) is 10.7. The molecule has 0 bridgehead atoms. The lowest BCUT2D eigenvalue weighted by Crippen LogP contribution is -2.29. The standard InChI is InChI=1S/C9H9Cl2NO2/c1-12(8(14)5-13)7-4-2-3-6(10)9(7)11/h2-4,13H,5H2,1H3. The van der Waals surface area contributed by atoms with Crippen LogP contribution in [0.3, 0.4) is 0 Å². The molecule has 14 heavy (non-hydrogen) atoms. The van der Waals surface area contributed by atoms with Crippen molar-refractivity contribution in [1.82, 2.24) is 0 Å². The van der Waals surface area contributed by atoms with Crippen LogP contribution in [0, 0.1) is 0 Å². The first-order chi connectivity index (χ1) is 6.57. The number of halogens is 2. The van der Waals surface area contributed by atoms with Crippen LogP contribution in [0.4, 0.5) is 5.69 Å². The lowest BCUT2D eigenvalue weighted by molar-refractivity contribution is -0.120. The highest BCUT2D eigenvalue weighted by atomic mass is 35.5. The Morgan fingerprint density at radius 2 is 2.14 bits per heavy atom. The molecule has 0 aliphatic heterocycles. The van der Waals surface area contributed by atoms with Crippen molar-refractivity contribution >= 4 is 34.8 Å². The highest BCUT2D eigenvalue weighted by Crippen LogP contribution is 2.31. The van der Waals surface area contributed by atoms with Gasteiger partial charge in [0.1, 0.15) is 6.61 Å². The van der Waals surface area contributed by atoms with Gasteiger partial charge in [0, 0.05) is 7.05 Å². The molecule has 0 radical (unpaired) electrons. The van der Waals surface area contributed by atoms with Crippen molar-refractivity contribution in [2.45, 2.75) is 0 Å². The zero-order valence-corrected chi connectivity index (χ0v) is 9.01. The molecule has 0 aliphatic carbocycles. The van der Waals surface area contributed by atoms with Gasteiger partial charge < -0.3 is 10.0 Å². The normalized spacial score (nSPS) is 10.0. The number of carbonyl (C=O) groups excluding carboxylic acids is 1. The van der Waals surface area contributed by atoms with Crippen LogP contribution in [-0.4, -0.2) is 24.7 Å². The summed E-state index contributed by atoms with van der Waals surface area (Å²) in [4.78, 5) is 12.4. The molecule has 1 aromatic rings. The molecular weight excluding hydrogens is 225 g/mol. The number of benzene rings is 1. The van der Waals surface area contributed by atoms with Gasteiger partial charge in [0.05, 0.1) is 15.7 Å². The number of amides is 1. The maximum absolute atomic E-state index is 11.1. The summed E-state index contributed by atoms with van der Waals surface area (Å²) in [6.45, 7) is -0.556. The topological polar surface area (TPSA) is 40.5 Å². The molecule has 0 saturated carbocycles. The van der Waals surface area contributed by atoms with Crippen molar-refractivity contribution in [2.24, 2.45) is 0 Å². The zero-order valence-electron chi connectivity index (χ0n) is 7.50. The molecule has 1 amide bonds. The van der Waals surface area contributed by atoms with Crippen LogP contribution in [0.25, 0.3) is 0 Å². The number of rotatable bonds is 2. The fourth-order valence-corrected chi connectivity index (χ4v) is 1.41. The number of carbonyl (C=O) groups is 1. The average molecular weight is 234 g/mol. The third kappa shape index (κ3) is 2.18. The van der Waals surface area contributed by atoms with Crippen molar-refractivity contribution in [2.75, 3.05) is 18.6 Å². The number of anilines is 1. The predicted molar refractivity (Wildman–Crippen MR) is 57.0 cm³/mol. The number of nitrogens with zero attached hydrogens (tertiary/aromatic N) is 1. The molecule has 1 rings (SSSR count). The summed E-state index contributed by atoms with van der Waals surface area (Å²) < 4.78 is 0. The van der Waals surface area contributed by atoms with Crippen molar-refractivity contribution in [3.63, 3.8) is 0 Å². The summed E-state index contributed by atoms with van der Waals surface area (Å²) in [6, 6.07) is 4.97. The molecule has 76 valence electrons. The first-order valence-corrected chi connectivity index (χ1v) is 4.65. The third-order valence-electron chi connectivity index (χ3n) is 1.80. The van der Waals surface area contributed by atoms with Gasteiger partial charge >= 0.3 is 0 Å². The van der Waals surface area contributed by atoms with Crippen molar-refractivity contribution in [1.29, 1.82) is 0 Å². The van der Waals surface area contributed by atoms with Crippen LogP contribution in [0.5, 0.6) is 0 Å². The van der Waals surface area contributed by atoms with Gasteiger partial charge in [0.15, 0.2) is 0 Å². The maximum Gasteiger partial charge on any atom is 0.252 e. The SMILES string of the molecule is CN(C(=O)CO)c1cccc(Cl)c1Cl. The first kappa shape index (κ1) is 11.3. The molecule has 1 N–H and O–H groups in total. The first-order valence-electron chi connectivity index (χ1n) is 3.89. The molecule has 0 aromatic heterocycles. The number of aliphatic hydroxyl groups is 1. The molecule has 0 spiro atoms. The van der Waals surface area contributed by atoms with Crippen LogP contribution in [0.15, 0.2) is 18.2 Å². The quantitative estimate of drug-likeness (QED) is 0.849. The Morgan fingerprint density at radius 1 is 1.50 bits per heavy atom. The lowest BCUT2D eigenvalue weighted by atomic mass is 10.3. The minimum Gasteiger partial charge on any atom is -0.387 e. The minimum absolute atomic E-state index is 0.304. The van der Waals surface area contributed by atoms with Crippen LogP contribution < -0.4 is 4.90 Å². The van der Waals surface area contributed by atoms with Gasteiger partial charge in [-0.05, 0) is 12.1 Å². The van der Waals surface area contributed by atoms with E-state index in [1.54, 1.807) is 18.2 Å². The van der Waals surface area contributed by atoms with Gasteiger partial charge in [0.2, 0.25) is 0 Å². The van der Waals surface area contributed by atoms with Gasteiger partial charge in [-0.2, -0.15) is 0 Å². The van der Waals surface area contributed by atoms with E-state index in [1.807, 2.05) is 0 Å². The smallest absolute Gasteiger partial charge is 0.252 e. The Balaban J connectivity index is 3.07. The van der Waals surface area contributed by atoms with E-state index >= 15 is 0 Å². The lowest BCUT2D eigenvalue weighted by Gasteiger charge is -2.17. The monoisotopic (exact) mass is 233 g/mol. The Hall–Kier alpha value is -0.770. The molecule has 0 aliphatic rings. The van der Waals surface area contributed by atoms with Gasteiger partial charge in [-0.25, -0.2) is 0 Å². The average Bonchev–Trinajstić information content (AvgIpc) is 2.20. The van der Waals surface area contributed by atoms with Crippen LogP contribution in [-0.2, 0) is 4.79 Å². The summed E-state index contributed by atoms with van der Waals surface area (Å²) in [5.41, 5.74) is 0.484. The Morgan fingerprint density at radius 3 is 2.71 bits per heavy atom. The van der Waals surface area contributed by atoms with E-state index in [2.05, 4.69) is 0 Å². The largest absolute Gasteiger partial charge is 0.387 e. The Labute approximate surface area is 91.8 Å². The highest BCUT2D eigenvalue weighted by Gasteiger charge is 2.13. The van der Waals surface area contributed by atoms with Crippen molar-refractivity contribution in [3.05, 3.63) is 28.2 Å². The van der Waals surface area contributed by atoms with Gasteiger partial charge in [0.25, 0.3) is 5.91 Å². The van der Waals surface area contributed by atoms with Crippen LogP contribution >= 0.6 is 23.2 Å².